The Morgan fingerprint density at radius 1 is 1.00 bits per heavy atom. The summed E-state index contributed by atoms with van der Waals surface area (Å²) in [6.07, 6.45) is 3.48. The number of hydrogen-bond donors (Lipinski definition) is 0. The van der Waals surface area contributed by atoms with Gasteiger partial charge in [-0.05, 0) is 48.6 Å². The minimum atomic E-state index is 0.0377. The van der Waals surface area contributed by atoms with E-state index in [-0.39, 0.29) is 5.91 Å². The van der Waals surface area contributed by atoms with Gasteiger partial charge in [-0.3, -0.25) is 9.69 Å². The Hall–Kier alpha value is -2.64. The van der Waals surface area contributed by atoms with Crippen LogP contribution in [0.15, 0.2) is 48.5 Å². The largest absolute Gasteiger partial charge is 0.336 e. The summed E-state index contributed by atoms with van der Waals surface area (Å²) in [6.45, 7) is 3.37. The first kappa shape index (κ1) is 16.8. The molecule has 0 aromatic heterocycles. The second-order valence-electron chi connectivity index (χ2n) is 7.19. The number of fused-ring (bicyclic) bond motifs is 1. The third kappa shape index (κ3) is 3.36. The van der Waals surface area contributed by atoms with Gasteiger partial charge >= 0.3 is 0 Å². The van der Waals surface area contributed by atoms with Crippen molar-refractivity contribution in [2.45, 2.75) is 25.3 Å². The van der Waals surface area contributed by atoms with Crippen molar-refractivity contribution in [3.05, 3.63) is 70.8 Å². The van der Waals surface area contributed by atoms with Gasteiger partial charge in [0, 0.05) is 37.8 Å². The Balaban J connectivity index is 1.37. The van der Waals surface area contributed by atoms with Crippen LogP contribution in [0.4, 0.5) is 0 Å². The molecule has 0 spiro atoms. The van der Waals surface area contributed by atoms with Crippen LogP contribution in [-0.4, -0.2) is 47.9 Å². The van der Waals surface area contributed by atoms with E-state index in [0.29, 0.717) is 17.2 Å². The van der Waals surface area contributed by atoms with Crippen molar-refractivity contribution in [2.75, 3.05) is 26.2 Å². The van der Waals surface area contributed by atoms with Crippen LogP contribution in [0.3, 0.4) is 0 Å². The maximum Gasteiger partial charge on any atom is 0.253 e. The van der Waals surface area contributed by atoms with Gasteiger partial charge in [-0.2, -0.15) is 5.26 Å². The zero-order chi connectivity index (χ0) is 17.9. The molecule has 1 aliphatic heterocycles. The summed E-state index contributed by atoms with van der Waals surface area (Å²) < 4.78 is 0. The number of hydrogen-bond acceptors (Lipinski definition) is 3. The third-order valence-electron chi connectivity index (χ3n) is 5.68. The SMILES string of the molecule is N#Cc1cccc(C(=O)N2CCN([C@H]3CCc4ccccc4C3)CC2)c1. The molecule has 26 heavy (non-hydrogen) atoms. The van der Waals surface area contributed by atoms with E-state index in [4.69, 9.17) is 5.26 Å². The summed E-state index contributed by atoms with van der Waals surface area (Å²) in [5, 5.41) is 9.02. The van der Waals surface area contributed by atoms with Crippen LogP contribution in [0.25, 0.3) is 0 Å². The second kappa shape index (κ2) is 7.31. The van der Waals surface area contributed by atoms with Gasteiger partial charge in [-0.25, -0.2) is 0 Å². The highest BCUT2D eigenvalue weighted by Gasteiger charge is 2.29. The van der Waals surface area contributed by atoms with E-state index < -0.39 is 0 Å². The van der Waals surface area contributed by atoms with E-state index in [9.17, 15) is 4.79 Å². The summed E-state index contributed by atoms with van der Waals surface area (Å²) >= 11 is 0. The first-order valence-corrected chi connectivity index (χ1v) is 9.35. The Bertz CT molecular complexity index is 846. The maximum absolute atomic E-state index is 12.7. The fourth-order valence-corrected chi connectivity index (χ4v) is 4.18. The average Bonchev–Trinajstić information content (AvgIpc) is 2.73. The van der Waals surface area contributed by atoms with Crippen LogP contribution in [-0.2, 0) is 12.8 Å². The van der Waals surface area contributed by atoms with Gasteiger partial charge in [-0.15, -0.1) is 0 Å². The summed E-state index contributed by atoms with van der Waals surface area (Å²) in [5.74, 6) is 0.0377. The zero-order valence-corrected chi connectivity index (χ0v) is 14.9. The van der Waals surface area contributed by atoms with Crippen LogP contribution in [0.5, 0.6) is 0 Å². The first-order chi connectivity index (χ1) is 12.7. The van der Waals surface area contributed by atoms with Crippen molar-refractivity contribution >= 4 is 5.91 Å². The molecule has 1 heterocycles. The number of nitrogens with zero attached hydrogens (tertiary/aromatic N) is 3. The molecule has 132 valence electrons. The molecule has 0 radical (unpaired) electrons. The van der Waals surface area contributed by atoms with Crippen molar-refractivity contribution in [3.8, 4) is 6.07 Å². The monoisotopic (exact) mass is 345 g/mol. The van der Waals surface area contributed by atoms with Gasteiger partial charge in [-0.1, -0.05) is 30.3 Å². The summed E-state index contributed by atoms with van der Waals surface area (Å²) in [4.78, 5) is 17.2. The summed E-state index contributed by atoms with van der Waals surface area (Å²) in [7, 11) is 0. The van der Waals surface area contributed by atoms with E-state index >= 15 is 0 Å². The van der Waals surface area contributed by atoms with Gasteiger partial charge in [0.2, 0.25) is 0 Å². The lowest BCUT2D eigenvalue weighted by molar-refractivity contribution is 0.0553. The van der Waals surface area contributed by atoms with Crippen molar-refractivity contribution < 1.29 is 4.79 Å². The highest BCUT2D eigenvalue weighted by atomic mass is 16.2. The molecular weight excluding hydrogens is 322 g/mol. The van der Waals surface area contributed by atoms with Crippen LogP contribution >= 0.6 is 0 Å². The van der Waals surface area contributed by atoms with Crippen LogP contribution in [0, 0.1) is 11.3 Å². The van der Waals surface area contributed by atoms with Crippen molar-refractivity contribution in [1.29, 1.82) is 5.26 Å². The third-order valence-corrected chi connectivity index (χ3v) is 5.68. The average molecular weight is 345 g/mol. The molecule has 2 aromatic rings. The molecule has 0 N–H and O–H groups in total. The molecule has 1 amide bonds. The highest BCUT2D eigenvalue weighted by molar-refractivity contribution is 5.94. The molecule has 1 atom stereocenters. The van der Waals surface area contributed by atoms with Gasteiger partial charge in [0.25, 0.3) is 5.91 Å². The van der Waals surface area contributed by atoms with Crippen LogP contribution in [0.2, 0.25) is 0 Å². The molecule has 0 unspecified atom stereocenters. The second-order valence-corrected chi connectivity index (χ2v) is 7.19. The first-order valence-electron chi connectivity index (χ1n) is 9.35. The molecule has 0 bridgehead atoms. The molecule has 4 heteroatoms. The fraction of sp³-hybridized carbons (Fsp3) is 0.364. The molecule has 4 nitrogen and oxygen atoms in total. The number of rotatable bonds is 2. The molecule has 1 saturated heterocycles. The quantitative estimate of drug-likeness (QED) is 0.841. The number of piperazine rings is 1. The minimum Gasteiger partial charge on any atom is -0.336 e. The Kier molecular flexibility index (Phi) is 4.73. The topological polar surface area (TPSA) is 47.3 Å². The number of carbonyl (C=O) groups is 1. The van der Waals surface area contributed by atoms with Crippen LogP contribution < -0.4 is 0 Å². The predicted octanol–water partition coefficient (Wildman–Crippen LogP) is 2.87. The van der Waals surface area contributed by atoms with E-state index in [1.165, 1.54) is 17.5 Å². The lowest BCUT2D eigenvalue weighted by Gasteiger charge is -2.41. The maximum atomic E-state index is 12.7. The van der Waals surface area contributed by atoms with Crippen LogP contribution in [0.1, 0.15) is 33.5 Å². The van der Waals surface area contributed by atoms with Gasteiger partial charge < -0.3 is 4.90 Å². The van der Waals surface area contributed by atoms with E-state index in [0.717, 1.165) is 39.0 Å². The lowest BCUT2D eigenvalue weighted by Crippen LogP contribution is -2.53. The Labute approximate surface area is 154 Å². The standard InChI is InChI=1S/C22H23N3O/c23-16-17-4-3-7-20(14-17)22(26)25-12-10-24(11-13-25)21-9-8-18-5-1-2-6-19(18)15-21/h1-7,14,21H,8-13,15H2/t21-/m0/s1. The minimum absolute atomic E-state index is 0.0377. The number of carbonyl (C=O) groups excluding carboxylic acids is 1. The Morgan fingerprint density at radius 2 is 1.77 bits per heavy atom. The van der Waals surface area contributed by atoms with Gasteiger partial charge in [0.15, 0.2) is 0 Å². The van der Waals surface area contributed by atoms with Gasteiger partial charge in [0.1, 0.15) is 0 Å². The van der Waals surface area contributed by atoms with Crippen molar-refractivity contribution in [2.24, 2.45) is 0 Å². The highest BCUT2D eigenvalue weighted by Crippen LogP contribution is 2.25. The summed E-state index contributed by atoms with van der Waals surface area (Å²) in [5.41, 5.74) is 4.13. The zero-order valence-electron chi connectivity index (χ0n) is 14.9. The molecule has 4 rings (SSSR count). The molecule has 1 fully saturated rings. The number of aryl methyl sites for hydroxylation is 1. The summed E-state index contributed by atoms with van der Waals surface area (Å²) in [6, 6.07) is 18.5. The van der Waals surface area contributed by atoms with E-state index in [1.807, 2.05) is 4.90 Å². The number of amides is 1. The molecule has 2 aromatic carbocycles. The lowest BCUT2D eigenvalue weighted by atomic mass is 9.87. The predicted molar refractivity (Wildman–Crippen MR) is 101 cm³/mol. The normalized spacial score (nSPS) is 20.3. The number of benzene rings is 2. The molecular formula is C22H23N3O. The molecule has 1 aliphatic carbocycles. The van der Waals surface area contributed by atoms with Crippen molar-refractivity contribution in [3.63, 3.8) is 0 Å². The smallest absolute Gasteiger partial charge is 0.253 e. The Morgan fingerprint density at radius 3 is 2.54 bits per heavy atom. The van der Waals surface area contributed by atoms with Gasteiger partial charge in [0.05, 0.1) is 11.6 Å². The van der Waals surface area contributed by atoms with E-state index in [2.05, 4.69) is 35.2 Å². The van der Waals surface area contributed by atoms with E-state index in [1.54, 1.807) is 24.3 Å². The number of nitriles is 1. The van der Waals surface area contributed by atoms with Crippen molar-refractivity contribution in [1.82, 2.24) is 9.80 Å². The molecule has 2 aliphatic rings. The fourth-order valence-electron chi connectivity index (χ4n) is 4.18. The molecule has 0 saturated carbocycles.